The van der Waals surface area contributed by atoms with E-state index in [-0.39, 0.29) is 5.43 Å². The number of carboxylic acids is 1. The van der Waals surface area contributed by atoms with Crippen LogP contribution in [0.15, 0.2) is 51.7 Å². The highest BCUT2D eigenvalue weighted by atomic mass is 16.5. The van der Waals surface area contributed by atoms with Gasteiger partial charge < -0.3 is 14.3 Å². The highest BCUT2D eigenvalue weighted by molar-refractivity contribution is 5.90. The number of rotatable bonds is 3. The maximum Gasteiger partial charge on any atom is 0.344 e. The second kappa shape index (κ2) is 4.94. The molecule has 5 heteroatoms. The van der Waals surface area contributed by atoms with Crippen molar-refractivity contribution in [1.29, 1.82) is 0 Å². The van der Waals surface area contributed by atoms with Gasteiger partial charge in [0.1, 0.15) is 16.9 Å². The lowest BCUT2D eigenvalue weighted by atomic mass is 10.1. The number of ether oxygens (including phenoxy) is 1. The Bertz CT molecular complexity index is 894. The molecule has 2 aromatic carbocycles. The minimum atomic E-state index is -1.07. The first-order valence-electron chi connectivity index (χ1n) is 6.41. The van der Waals surface area contributed by atoms with E-state index in [0.29, 0.717) is 27.7 Å². The molecular weight excluding hydrogens is 272 g/mol. The van der Waals surface area contributed by atoms with Crippen LogP contribution in [0.3, 0.4) is 0 Å². The molecule has 0 amide bonds. The molecular formula is C16H12O5. The number of aliphatic carboxylic acids is 1. The van der Waals surface area contributed by atoms with Crippen LogP contribution in [0, 0.1) is 0 Å². The SMILES string of the molecule is C[C@H](Oc1ccc2oc3ccccc3c(=O)c2c1)C(=O)O. The predicted molar refractivity (Wildman–Crippen MR) is 77.7 cm³/mol. The molecule has 3 aromatic rings. The molecule has 0 saturated carbocycles. The molecule has 0 aliphatic carbocycles. The van der Waals surface area contributed by atoms with E-state index in [4.69, 9.17) is 14.3 Å². The van der Waals surface area contributed by atoms with Gasteiger partial charge in [0.15, 0.2) is 6.10 Å². The zero-order valence-corrected chi connectivity index (χ0v) is 11.2. The predicted octanol–water partition coefficient (Wildman–Crippen LogP) is 2.80. The first-order valence-corrected chi connectivity index (χ1v) is 6.41. The first-order chi connectivity index (χ1) is 10.1. The van der Waals surface area contributed by atoms with E-state index in [1.54, 1.807) is 36.4 Å². The average Bonchev–Trinajstić information content (AvgIpc) is 2.48. The topological polar surface area (TPSA) is 76.7 Å². The standard InChI is InChI=1S/C16H12O5/c1-9(16(18)19)20-10-6-7-14-12(8-10)15(17)11-4-2-3-5-13(11)21-14/h2-9H,1H3,(H,18,19)/t9-/m0/s1. The largest absolute Gasteiger partial charge is 0.479 e. The van der Waals surface area contributed by atoms with Crippen molar-refractivity contribution in [3.05, 3.63) is 52.7 Å². The van der Waals surface area contributed by atoms with Crippen LogP contribution in [0.5, 0.6) is 5.75 Å². The van der Waals surface area contributed by atoms with E-state index in [2.05, 4.69) is 0 Å². The molecule has 0 fully saturated rings. The minimum absolute atomic E-state index is 0.166. The van der Waals surface area contributed by atoms with Gasteiger partial charge in [-0.05, 0) is 37.3 Å². The minimum Gasteiger partial charge on any atom is -0.479 e. The number of fused-ring (bicyclic) bond motifs is 2. The van der Waals surface area contributed by atoms with Crippen LogP contribution < -0.4 is 10.2 Å². The van der Waals surface area contributed by atoms with E-state index < -0.39 is 12.1 Å². The molecule has 106 valence electrons. The fourth-order valence-electron chi connectivity index (χ4n) is 2.11. The van der Waals surface area contributed by atoms with Crippen molar-refractivity contribution in [1.82, 2.24) is 0 Å². The zero-order chi connectivity index (χ0) is 15.0. The van der Waals surface area contributed by atoms with Gasteiger partial charge in [-0.1, -0.05) is 12.1 Å². The molecule has 1 N–H and O–H groups in total. The number of para-hydroxylation sites is 1. The maximum atomic E-state index is 12.4. The molecule has 5 nitrogen and oxygen atoms in total. The fourth-order valence-corrected chi connectivity index (χ4v) is 2.11. The molecule has 0 aliphatic rings. The molecule has 21 heavy (non-hydrogen) atoms. The van der Waals surface area contributed by atoms with Crippen molar-refractivity contribution in [3.63, 3.8) is 0 Å². The Balaban J connectivity index is 2.17. The maximum absolute atomic E-state index is 12.4. The summed E-state index contributed by atoms with van der Waals surface area (Å²) in [7, 11) is 0. The van der Waals surface area contributed by atoms with Gasteiger partial charge in [0.2, 0.25) is 5.43 Å². The quantitative estimate of drug-likeness (QED) is 0.748. The summed E-state index contributed by atoms with van der Waals surface area (Å²) in [6, 6.07) is 11.7. The Morgan fingerprint density at radius 2 is 1.86 bits per heavy atom. The van der Waals surface area contributed by atoms with Gasteiger partial charge in [0, 0.05) is 0 Å². The second-order valence-corrected chi connectivity index (χ2v) is 4.68. The van der Waals surface area contributed by atoms with Crippen LogP contribution >= 0.6 is 0 Å². The van der Waals surface area contributed by atoms with E-state index in [1.165, 1.54) is 13.0 Å². The zero-order valence-electron chi connectivity index (χ0n) is 11.2. The molecule has 1 aromatic heterocycles. The summed E-state index contributed by atoms with van der Waals surface area (Å²) in [6.45, 7) is 1.43. The molecule has 0 saturated heterocycles. The van der Waals surface area contributed by atoms with Crippen LogP contribution in [0.4, 0.5) is 0 Å². The van der Waals surface area contributed by atoms with E-state index >= 15 is 0 Å². The van der Waals surface area contributed by atoms with Crippen LogP contribution in [-0.4, -0.2) is 17.2 Å². The Hall–Kier alpha value is -2.82. The number of carboxylic acid groups (broad SMARTS) is 1. The van der Waals surface area contributed by atoms with Crippen molar-refractivity contribution >= 4 is 27.9 Å². The highest BCUT2D eigenvalue weighted by Crippen LogP contribution is 2.23. The number of hydrogen-bond acceptors (Lipinski definition) is 4. The van der Waals surface area contributed by atoms with Crippen LogP contribution in [-0.2, 0) is 4.79 Å². The Labute approximate surface area is 119 Å². The summed E-state index contributed by atoms with van der Waals surface area (Å²) >= 11 is 0. The van der Waals surface area contributed by atoms with Crippen LogP contribution in [0.2, 0.25) is 0 Å². The van der Waals surface area contributed by atoms with Gasteiger partial charge in [0.25, 0.3) is 0 Å². The van der Waals surface area contributed by atoms with Crippen LogP contribution in [0.1, 0.15) is 6.92 Å². The van der Waals surface area contributed by atoms with E-state index in [0.717, 1.165) is 0 Å². The first kappa shape index (κ1) is 13.2. The normalized spacial score (nSPS) is 12.4. The molecule has 0 spiro atoms. The van der Waals surface area contributed by atoms with E-state index in [1.807, 2.05) is 0 Å². The van der Waals surface area contributed by atoms with Crippen molar-refractivity contribution in [2.45, 2.75) is 13.0 Å². The van der Waals surface area contributed by atoms with Gasteiger partial charge in [-0.3, -0.25) is 4.79 Å². The molecule has 0 bridgehead atoms. The van der Waals surface area contributed by atoms with Gasteiger partial charge in [0.05, 0.1) is 10.8 Å². The fraction of sp³-hybridized carbons (Fsp3) is 0.125. The van der Waals surface area contributed by atoms with Gasteiger partial charge >= 0.3 is 5.97 Å². The Morgan fingerprint density at radius 3 is 2.62 bits per heavy atom. The third kappa shape index (κ3) is 2.33. The van der Waals surface area contributed by atoms with Gasteiger partial charge in [-0.2, -0.15) is 0 Å². The summed E-state index contributed by atoms with van der Waals surface area (Å²) in [5.41, 5.74) is 0.789. The Kier molecular flexibility index (Phi) is 3.10. The van der Waals surface area contributed by atoms with Crippen molar-refractivity contribution in [2.75, 3.05) is 0 Å². The van der Waals surface area contributed by atoms with Crippen molar-refractivity contribution in [3.8, 4) is 5.75 Å². The molecule has 1 heterocycles. The van der Waals surface area contributed by atoms with E-state index in [9.17, 15) is 9.59 Å². The lowest BCUT2D eigenvalue weighted by Crippen LogP contribution is -2.22. The monoisotopic (exact) mass is 284 g/mol. The van der Waals surface area contributed by atoms with Gasteiger partial charge in [-0.25, -0.2) is 4.79 Å². The molecule has 3 rings (SSSR count). The van der Waals surface area contributed by atoms with Gasteiger partial charge in [-0.15, -0.1) is 0 Å². The number of benzene rings is 2. The molecule has 0 radical (unpaired) electrons. The summed E-state index contributed by atoms with van der Waals surface area (Å²) in [5, 5.41) is 9.69. The van der Waals surface area contributed by atoms with Crippen LogP contribution in [0.25, 0.3) is 21.9 Å². The summed E-state index contributed by atoms with van der Waals surface area (Å²) < 4.78 is 10.9. The molecule has 0 unspecified atom stereocenters. The Morgan fingerprint density at radius 1 is 1.14 bits per heavy atom. The second-order valence-electron chi connectivity index (χ2n) is 4.68. The lowest BCUT2D eigenvalue weighted by Gasteiger charge is -2.10. The third-order valence-corrected chi connectivity index (χ3v) is 3.21. The van der Waals surface area contributed by atoms with Crippen molar-refractivity contribution < 1.29 is 19.1 Å². The highest BCUT2D eigenvalue weighted by Gasteiger charge is 2.14. The van der Waals surface area contributed by atoms with Crippen molar-refractivity contribution in [2.24, 2.45) is 0 Å². The number of carbonyl (C=O) groups is 1. The average molecular weight is 284 g/mol. The smallest absolute Gasteiger partial charge is 0.344 e. The summed E-state index contributed by atoms with van der Waals surface area (Å²) in [4.78, 5) is 23.2. The lowest BCUT2D eigenvalue weighted by molar-refractivity contribution is -0.144. The number of hydrogen-bond donors (Lipinski definition) is 1. The summed E-state index contributed by atoms with van der Waals surface area (Å²) in [5.74, 6) is -0.749. The summed E-state index contributed by atoms with van der Waals surface area (Å²) in [6.07, 6.45) is -0.991. The third-order valence-electron chi connectivity index (χ3n) is 3.21. The molecule has 1 atom stereocenters. The molecule has 0 aliphatic heterocycles.